The van der Waals surface area contributed by atoms with E-state index in [1.807, 2.05) is 6.92 Å². The number of aryl methyl sites for hydroxylation is 2. The first-order valence-corrected chi connectivity index (χ1v) is 4.21. The Kier molecular flexibility index (Phi) is 1.45. The van der Waals surface area contributed by atoms with Gasteiger partial charge in [0.15, 0.2) is 0 Å². The van der Waals surface area contributed by atoms with Crippen LogP contribution < -0.4 is 0 Å². The molecule has 1 aromatic heterocycles. The third-order valence-electron chi connectivity index (χ3n) is 2.28. The highest BCUT2D eigenvalue weighted by Crippen LogP contribution is 2.40. The molecule has 0 saturated heterocycles. The Morgan fingerprint density at radius 2 is 2.00 bits per heavy atom. The number of rotatable bonds is 1. The second-order valence-corrected chi connectivity index (χ2v) is 3.40. The lowest BCUT2D eigenvalue weighted by atomic mass is 10.1. The topological polar surface area (TPSA) is 12.9 Å². The molecular weight excluding hydrogens is 134 g/mol. The molecule has 1 fully saturated rings. The summed E-state index contributed by atoms with van der Waals surface area (Å²) in [4.78, 5) is 4.43. The van der Waals surface area contributed by atoms with Gasteiger partial charge in [0.25, 0.3) is 0 Å². The number of aromatic nitrogens is 1. The molecule has 58 valence electrons. The molecule has 1 aliphatic rings. The highest BCUT2D eigenvalue weighted by molar-refractivity contribution is 5.28. The minimum Gasteiger partial charge on any atom is -0.258 e. The van der Waals surface area contributed by atoms with Gasteiger partial charge in [0.1, 0.15) is 0 Å². The first-order valence-electron chi connectivity index (χ1n) is 4.21. The largest absolute Gasteiger partial charge is 0.258 e. The maximum absolute atomic E-state index is 4.43. The molecule has 0 amide bonds. The summed E-state index contributed by atoms with van der Waals surface area (Å²) in [5.74, 6) is 0.836. The Balaban J connectivity index is 2.39. The van der Waals surface area contributed by atoms with Crippen molar-refractivity contribution in [2.45, 2.75) is 32.6 Å². The van der Waals surface area contributed by atoms with Crippen LogP contribution in [-0.2, 0) is 0 Å². The molecule has 1 nitrogen and oxygen atoms in total. The van der Waals surface area contributed by atoms with Crippen LogP contribution in [0.25, 0.3) is 0 Å². The summed E-state index contributed by atoms with van der Waals surface area (Å²) < 4.78 is 0. The van der Waals surface area contributed by atoms with Crippen molar-refractivity contribution in [2.24, 2.45) is 0 Å². The second-order valence-electron chi connectivity index (χ2n) is 3.40. The van der Waals surface area contributed by atoms with Crippen LogP contribution in [-0.4, -0.2) is 4.98 Å². The average molecular weight is 147 g/mol. The van der Waals surface area contributed by atoms with Gasteiger partial charge >= 0.3 is 0 Å². The zero-order chi connectivity index (χ0) is 7.84. The second kappa shape index (κ2) is 2.33. The maximum Gasteiger partial charge on any atom is 0.0410 e. The maximum atomic E-state index is 4.43. The van der Waals surface area contributed by atoms with E-state index in [9.17, 15) is 0 Å². The van der Waals surface area contributed by atoms with Crippen molar-refractivity contribution in [2.75, 3.05) is 0 Å². The number of hydrogen-bond donors (Lipinski definition) is 0. The average Bonchev–Trinajstić information content (AvgIpc) is 2.70. The van der Waals surface area contributed by atoms with E-state index in [0.717, 1.165) is 11.6 Å². The summed E-state index contributed by atoms with van der Waals surface area (Å²) in [6.45, 7) is 4.16. The molecule has 0 spiro atoms. The number of pyridine rings is 1. The molecule has 0 N–H and O–H groups in total. The minimum atomic E-state index is 0.836. The van der Waals surface area contributed by atoms with Crippen molar-refractivity contribution >= 4 is 0 Å². The molecule has 0 aliphatic heterocycles. The smallest absolute Gasteiger partial charge is 0.0410 e. The molecule has 0 unspecified atom stereocenters. The summed E-state index contributed by atoms with van der Waals surface area (Å²) in [5.41, 5.74) is 3.83. The van der Waals surface area contributed by atoms with Gasteiger partial charge in [-0.2, -0.15) is 0 Å². The normalized spacial score (nSPS) is 16.9. The predicted octanol–water partition coefficient (Wildman–Crippen LogP) is 2.58. The molecule has 1 saturated carbocycles. The van der Waals surface area contributed by atoms with E-state index < -0.39 is 0 Å². The van der Waals surface area contributed by atoms with Gasteiger partial charge in [-0.1, -0.05) is 6.07 Å². The fourth-order valence-corrected chi connectivity index (χ4v) is 1.52. The third-order valence-corrected chi connectivity index (χ3v) is 2.28. The number of nitrogens with zero attached hydrogens (tertiary/aromatic N) is 1. The lowest BCUT2D eigenvalue weighted by Gasteiger charge is -2.02. The monoisotopic (exact) mass is 147 g/mol. The van der Waals surface area contributed by atoms with Crippen LogP contribution in [0.5, 0.6) is 0 Å². The van der Waals surface area contributed by atoms with E-state index in [4.69, 9.17) is 0 Å². The quantitative estimate of drug-likeness (QED) is 0.595. The first-order chi connectivity index (χ1) is 5.27. The van der Waals surface area contributed by atoms with Gasteiger partial charge in [0.2, 0.25) is 0 Å². The standard InChI is InChI=1S/C10H13N/c1-7-3-6-10(8(2)11-7)9-4-5-9/h3,6,9H,4-5H2,1-2H3. The molecule has 0 aromatic carbocycles. The fourth-order valence-electron chi connectivity index (χ4n) is 1.52. The molecule has 0 bridgehead atoms. The summed E-state index contributed by atoms with van der Waals surface area (Å²) in [5, 5.41) is 0. The van der Waals surface area contributed by atoms with E-state index in [1.165, 1.54) is 24.1 Å². The van der Waals surface area contributed by atoms with E-state index in [0.29, 0.717) is 0 Å². The Morgan fingerprint density at radius 3 is 2.55 bits per heavy atom. The van der Waals surface area contributed by atoms with Crippen LogP contribution in [0.4, 0.5) is 0 Å². The molecule has 11 heavy (non-hydrogen) atoms. The van der Waals surface area contributed by atoms with E-state index >= 15 is 0 Å². The van der Waals surface area contributed by atoms with Crippen LogP contribution in [0.3, 0.4) is 0 Å². The van der Waals surface area contributed by atoms with Gasteiger partial charge in [-0.05, 0) is 44.2 Å². The lowest BCUT2D eigenvalue weighted by molar-refractivity contribution is 1.01. The molecule has 0 atom stereocenters. The zero-order valence-corrected chi connectivity index (χ0v) is 7.09. The molecule has 1 heterocycles. The molecule has 1 aliphatic carbocycles. The highest BCUT2D eigenvalue weighted by Gasteiger charge is 2.25. The van der Waals surface area contributed by atoms with Crippen LogP contribution >= 0.6 is 0 Å². The molecular formula is C10H13N. The van der Waals surface area contributed by atoms with E-state index in [-0.39, 0.29) is 0 Å². The Hall–Kier alpha value is -0.850. The van der Waals surface area contributed by atoms with Crippen molar-refractivity contribution in [3.63, 3.8) is 0 Å². The third kappa shape index (κ3) is 1.28. The van der Waals surface area contributed by atoms with Crippen LogP contribution in [0.15, 0.2) is 12.1 Å². The van der Waals surface area contributed by atoms with Crippen molar-refractivity contribution in [3.8, 4) is 0 Å². The van der Waals surface area contributed by atoms with Gasteiger partial charge in [-0.3, -0.25) is 4.98 Å². The van der Waals surface area contributed by atoms with Gasteiger partial charge < -0.3 is 0 Å². The lowest BCUT2D eigenvalue weighted by Crippen LogP contribution is -1.91. The van der Waals surface area contributed by atoms with Crippen LogP contribution in [0, 0.1) is 13.8 Å². The first kappa shape index (κ1) is 6.84. The Labute approximate surface area is 67.5 Å². The molecule has 0 radical (unpaired) electrons. The van der Waals surface area contributed by atoms with Gasteiger partial charge in [-0.25, -0.2) is 0 Å². The molecule has 2 rings (SSSR count). The van der Waals surface area contributed by atoms with Gasteiger partial charge in [0, 0.05) is 11.4 Å². The molecule has 1 aromatic rings. The van der Waals surface area contributed by atoms with E-state index in [2.05, 4.69) is 24.0 Å². The predicted molar refractivity (Wildman–Crippen MR) is 45.7 cm³/mol. The van der Waals surface area contributed by atoms with Crippen LogP contribution in [0.1, 0.15) is 35.7 Å². The molecule has 1 heteroatoms. The highest BCUT2D eigenvalue weighted by atomic mass is 14.7. The van der Waals surface area contributed by atoms with E-state index in [1.54, 1.807) is 0 Å². The zero-order valence-electron chi connectivity index (χ0n) is 7.09. The fraction of sp³-hybridized carbons (Fsp3) is 0.500. The summed E-state index contributed by atoms with van der Waals surface area (Å²) in [7, 11) is 0. The van der Waals surface area contributed by atoms with Crippen molar-refractivity contribution in [1.29, 1.82) is 0 Å². The van der Waals surface area contributed by atoms with Crippen molar-refractivity contribution in [1.82, 2.24) is 4.98 Å². The number of hydrogen-bond acceptors (Lipinski definition) is 1. The van der Waals surface area contributed by atoms with Crippen LogP contribution in [0.2, 0.25) is 0 Å². The minimum absolute atomic E-state index is 0.836. The van der Waals surface area contributed by atoms with Gasteiger partial charge in [-0.15, -0.1) is 0 Å². The van der Waals surface area contributed by atoms with Gasteiger partial charge in [0.05, 0.1) is 0 Å². The summed E-state index contributed by atoms with van der Waals surface area (Å²) >= 11 is 0. The van der Waals surface area contributed by atoms with Crippen molar-refractivity contribution < 1.29 is 0 Å². The SMILES string of the molecule is Cc1ccc(C2CC2)c(C)n1. The Morgan fingerprint density at radius 1 is 1.27 bits per heavy atom. The summed E-state index contributed by atoms with van der Waals surface area (Å²) in [6.07, 6.45) is 2.73. The summed E-state index contributed by atoms with van der Waals surface area (Å²) in [6, 6.07) is 4.34. The van der Waals surface area contributed by atoms with Crippen molar-refractivity contribution in [3.05, 3.63) is 29.1 Å². The Bertz CT molecular complexity index is 274.